The van der Waals surface area contributed by atoms with Crippen LogP contribution in [0.5, 0.6) is 0 Å². The smallest absolute Gasteiger partial charge is 0.263 e. The van der Waals surface area contributed by atoms with Crippen LogP contribution in [0.15, 0.2) is 36.9 Å². The van der Waals surface area contributed by atoms with Gasteiger partial charge in [-0.25, -0.2) is 8.78 Å². The van der Waals surface area contributed by atoms with Crippen molar-refractivity contribution in [3.63, 3.8) is 0 Å². The molecular formula is C14H17F2NO2. The van der Waals surface area contributed by atoms with Gasteiger partial charge in [-0.2, -0.15) is 0 Å². The number of aliphatic hydroxyl groups is 1. The zero-order valence-electron chi connectivity index (χ0n) is 10.7. The van der Waals surface area contributed by atoms with Gasteiger partial charge in [0.15, 0.2) is 0 Å². The van der Waals surface area contributed by atoms with Crippen LogP contribution in [0, 0.1) is 5.92 Å². The Morgan fingerprint density at radius 1 is 1.47 bits per heavy atom. The number of nitrogens with zero attached hydrogens (tertiary/aromatic N) is 1. The second kappa shape index (κ2) is 6.99. The summed E-state index contributed by atoms with van der Waals surface area (Å²) in [4.78, 5) is 13.3. The summed E-state index contributed by atoms with van der Waals surface area (Å²) in [6.45, 7) is 4.17. The van der Waals surface area contributed by atoms with E-state index in [1.54, 1.807) is 18.2 Å². The number of anilines is 1. The Morgan fingerprint density at radius 2 is 2.16 bits per heavy atom. The summed E-state index contributed by atoms with van der Waals surface area (Å²) in [6, 6.07) is 5.95. The second-order valence-corrected chi connectivity index (χ2v) is 4.10. The van der Waals surface area contributed by atoms with Gasteiger partial charge in [-0.05, 0) is 12.1 Å². The lowest BCUT2D eigenvalue weighted by molar-refractivity contribution is -0.117. The Labute approximate surface area is 111 Å². The van der Waals surface area contributed by atoms with Crippen molar-refractivity contribution >= 4 is 11.6 Å². The van der Waals surface area contributed by atoms with Crippen LogP contribution in [0.25, 0.3) is 0 Å². The van der Waals surface area contributed by atoms with Crippen molar-refractivity contribution in [2.75, 3.05) is 18.6 Å². The fraction of sp³-hybridized carbons (Fsp3) is 0.357. The summed E-state index contributed by atoms with van der Waals surface area (Å²) < 4.78 is 25.1. The number of hydrogen-bond acceptors (Lipinski definition) is 2. The molecule has 1 saturated heterocycles. The molecule has 1 fully saturated rings. The Morgan fingerprint density at radius 3 is 2.68 bits per heavy atom. The molecule has 1 aliphatic heterocycles. The largest absolute Gasteiger partial charge is 0.400 e. The molecule has 0 bridgehead atoms. The normalized spacial score (nSPS) is 18.3. The van der Waals surface area contributed by atoms with Gasteiger partial charge in [0, 0.05) is 37.2 Å². The summed E-state index contributed by atoms with van der Waals surface area (Å²) >= 11 is 0. The zero-order chi connectivity index (χ0) is 14.4. The number of hydrogen-bond donors (Lipinski definition) is 1. The third-order valence-electron chi connectivity index (χ3n) is 2.92. The first-order valence-electron chi connectivity index (χ1n) is 5.87. The van der Waals surface area contributed by atoms with E-state index in [4.69, 9.17) is 5.11 Å². The molecule has 104 valence electrons. The molecule has 1 aromatic carbocycles. The van der Waals surface area contributed by atoms with E-state index < -0.39 is 6.43 Å². The molecule has 0 saturated carbocycles. The highest BCUT2D eigenvalue weighted by Crippen LogP contribution is 2.28. The van der Waals surface area contributed by atoms with Gasteiger partial charge in [0.1, 0.15) is 0 Å². The molecule has 1 N–H and O–H groups in total. The molecule has 0 radical (unpaired) electrons. The van der Waals surface area contributed by atoms with Crippen molar-refractivity contribution in [2.24, 2.45) is 5.92 Å². The number of amides is 1. The van der Waals surface area contributed by atoms with Crippen molar-refractivity contribution < 1.29 is 18.7 Å². The quantitative estimate of drug-likeness (QED) is 0.857. The minimum Gasteiger partial charge on any atom is -0.400 e. The molecule has 2 rings (SSSR count). The average molecular weight is 269 g/mol. The van der Waals surface area contributed by atoms with E-state index in [1.165, 1.54) is 17.0 Å². The van der Waals surface area contributed by atoms with E-state index in [2.05, 4.69) is 6.58 Å². The summed E-state index contributed by atoms with van der Waals surface area (Å²) in [5.74, 6) is 0.0685. The molecular weight excluding hydrogens is 252 g/mol. The van der Waals surface area contributed by atoms with Crippen LogP contribution in [0.1, 0.15) is 18.4 Å². The van der Waals surface area contributed by atoms with E-state index >= 15 is 0 Å². The van der Waals surface area contributed by atoms with Gasteiger partial charge in [0.05, 0.1) is 0 Å². The summed E-state index contributed by atoms with van der Waals surface area (Å²) in [7, 11) is 1.00. The first-order chi connectivity index (χ1) is 9.11. The third kappa shape index (κ3) is 3.61. The van der Waals surface area contributed by atoms with Gasteiger partial charge < -0.3 is 10.0 Å². The first-order valence-corrected chi connectivity index (χ1v) is 5.87. The maximum atomic E-state index is 12.6. The van der Waals surface area contributed by atoms with Crippen molar-refractivity contribution in [3.8, 4) is 0 Å². The number of aliphatic hydroxyl groups excluding tert-OH is 1. The highest BCUT2D eigenvalue weighted by atomic mass is 19.3. The van der Waals surface area contributed by atoms with Crippen LogP contribution >= 0.6 is 0 Å². The Kier molecular flexibility index (Phi) is 5.63. The maximum absolute atomic E-state index is 12.6. The number of halogens is 2. The lowest BCUT2D eigenvalue weighted by atomic mass is 10.1. The molecule has 19 heavy (non-hydrogen) atoms. The van der Waals surface area contributed by atoms with Crippen LogP contribution < -0.4 is 4.90 Å². The van der Waals surface area contributed by atoms with E-state index in [9.17, 15) is 13.6 Å². The Bertz CT molecular complexity index is 449. The van der Waals surface area contributed by atoms with Gasteiger partial charge in [0.25, 0.3) is 6.43 Å². The average Bonchev–Trinajstić information content (AvgIpc) is 2.82. The molecule has 0 spiro atoms. The SMILES string of the molecule is C=CC1CC(=O)N(c2cccc(C(F)F)c2)C1.CO. The summed E-state index contributed by atoms with van der Waals surface area (Å²) in [5, 5.41) is 7.00. The van der Waals surface area contributed by atoms with Crippen LogP contribution in [0.2, 0.25) is 0 Å². The summed E-state index contributed by atoms with van der Waals surface area (Å²) in [6.07, 6.45) is -0.375. The minimum absolute atomic E-state index is 0.0404. The summed E-state index contributed by atoms with van der Waals surface area (Å²) in [5.41, 5.74) is 0.481. The van der Waals surface area contributed by atoms with Gasteiger partial charge >= 0.3 is 0 Å². The van der Waals surface area contributed by atoms with Crippen LogP contribution in [0.3, 0.4) is 0 Å². The number of benzene rings is 1. The topological polar surface area (TPSA) is 40.5 Å². The molecule has 1 aliphatic rings. The number of carbonyl (C=O) groups excluding carboxylic acids is 1. The third-order valence-corrected chi connectivity index (χ3v) is 2.92. The van der Waals surface area contributed by atoms with Crippen molar-refractivity contribution in [1.82, 2.24) is 0 Å². The molecule has 1 heterocycles. The highest BCUT2D eigenvalue weighted by molar-refractivity contribution is 5.96. The lowest BCUT2D eigenvalue weighted by Gasteiger charge is -2.17. The highest BCUT2D eigenvalue weighted by Gasteiger charge is 2.28. The van der Waals surface area contributed by atoms with E-state index in [-0.39, 0.29) is 17.4 Å². The van der Waals surface area contributed by atoms with Gasteiger partial charge in [0.2, 0.25) is 5.91 Å². The fourth-order valence-corrected chi connectivity index (χ4v) is 1.97. The first kappa shape index (κ1) is 15.3. The zero-order valence-corrected chi connectivity index (χ0v) is 10.7. The molecule has 5 heteroatoms. The lowest BCUT2D eigenvalue weighted by Crippen LogP contribution is -2.24. The molecule has 0 aromatic heterocycles. The molecule has 1 atom stereocenters. The predicted octanol–water partition coefficient (Wildman–Crippen LogP) is 2.77. The monoisotopic (exact) mass is 269 g/mol. The van der Waals surface area contributed by atoms with E-state index in [0.29, 0.717) is 18.7 Å². The van der Waals surface area contributed by atoms with Crippen molar-refractivity contribution in [2.45, 2.75) is 12.8 Å². The molecule has 3 nitrogen and oxygen atoms in total. The number of carbonyl (C=O) groups is 1. The predicted molar refractivity (Wildman–Crippen MR) is 70.2 cm³/mol. The number of rotatable bonds is 3. The van der Waals surface area contributed by atoms with E-state index in [0.717, 1.165) is 7.11 Å². The Hall–Kier alpha value is -1.75. The van der Waals surface area contributed by atoms with Crippen molar-refractivity contribution in [1.29, 1.82) is 0 Å². The van der Waals surface area contributed by atoms with Crippen LogP contribution in [-0.4, -0.2) is 24.7 Å². The van der Waals surface area contributed by atoms with E-state index in [1.807, 2.05) is 0 Å². The van der Waals surface area contributed by atoms with Crippen LogP contribution in [-0.2, 0) is 4.79 Å². The molecule has 1 aromatic rings. The van der Waals surface area contributed by atoms with Crippen molar-refractivity contribution in [3.05, 3.63) is 42.5 Å². The maximum Gasteiger partial charge on any atom is 0.263 e. The molecule has 1 amide bonds. The minimum atomic E-state index is -2.51. The number of alkyl halides is 2. The Balaban J connectivity index is 0.000000861. The second-order valence-electron chi connectivity index (χ2n) is 4.10. The van der Waals surface area contributed by atoms with Crippen LogP contribution in [0.4, 0.5) is 14.5 Å². The standard InChI is InChI=1S/C13H13F2NO.CH4O/c1-2-9-6-12(17)16(8-9)11-5-3-4-10(7-11)13(14)15;1-2/h2-5,7,9,13H,1,6,8H2;2H,1H3. The van der Waals surface area contributed by atoms with Gasteiger partial charge in [-0.15, -0.1) is 6.58 Å². The fourth-order valence-electron chi connectivity index (χ4n) is 1.97. The molecule has 1 unspecified atom stereocenters. The van der Waals surface area contributed by atoms with Gasteiger partial charge in [-0.1, -0.05) is 18.2 Å². The van der Waals surface area contributed by atoms with Gasteiger partial charge in [-0.3, -0.25) is 4.79 Å². The molecule has 0 aliphatic carbocycles.